The van der Waals surface area contributed by atoms with Gasteiger partial charge in [-0.2, -0.15) is 4.98 Å². The second-order valence-electron chi connectivity index (χ2n) is 10.7. The first-order chi connectivity index (χ1) is 18.6. The van der Waals surface area contributed by atoms with E-state index >= 15 is 0 Å². The average Bonchev–Trinajstić information content (AvgIpc) is 3.38. The SMILES string of the molecule is CCc1cc(-c2noc(-c3ccc(-c4ccccc4C)c(COC)c3)n2)ccc1N(C)CC(=O)OC(C)(C)C. The maximum Gasteiger partial charge on any atom is 0.326 e. The number of aromatic nitrogens is 2. The minimum Gasteiger partial charge on any atom is -0.459 e. The number of aryl methyl sites for hydroxylation is 2. The zero-order valence-electron chi connectivity index (χ0n) is 23.9. The van der Waals surface area contributed by atoms with Crippen molar-refractivity contribution in [2.75, 3.05) is 25.6 Å². The first-order valence-corrected chi connectivity index (χ1v) is 13.2. The molecule has 7 nitrogen and oxygen atoms in total. The highest BCUT2D eigenvalue weighted by Gasteiger charge is 2.20. The van der Waals surface area contributed by atoms with E-state index in [9.17, 15) is 4.79 Å². The molecule has 0 aliphatic carbocycles. The van der Waals surface area contributed by atoms with Crippen LogP contribution in [0.25, 0.3) is 34.0 Å². The van der Waals surface area contributed by atoms with Gasteiger partial charge >= 0.3 is 5.97 Å². The zero-order chi connectivity index (χ0) is 28.2. The van der Waals surface area contributed by atoms with E-state index in [1.807, 2.05) is 69.1 Å². The summed E-state index contributed by atoms with van der Waals surface area (Å²) in [5, 5.41) is 4.27. The molecular weight excluding hydrogens is 490 g/mol. The molecule has 0 amide bonds. The van der Waals surface area contributed by atoms with Crippen molar-refractivity contribution in [2.45, 2.75) is 53.2 Å². The number of likely N-dealkylation sites (N-methyl/N-ethyl adjacent to an activating group) is 1. The molecule has 7 heteroatoms. The number of benzene rings is 3. The third-order valence-corrected chi connectivity index (χ3v) is 6.43. The summed E-state index contributed by atoms with van der Waals surface area (Å²) in [6.45, 7) is 10.4. The van der Waals surface area contributed by atoms with Crippen LogP contribution in [0.4, 0.5) is 5.69 Å². The molecule has 39 heavy (non-hydrogen) atoms. The first-order valence-electron chi connectivity index (χ1n) is 13.2. The lowest BCUT2D eigenvalue weighted by molar-refractivity contribution is -0.152. The number of ether oxygens (including phenoxy) is 2. The summed E-state index contributed by atoms with van der Waals surface area (Å²) in [6, 6.07) is 20.4. The molecule has 0 atom stereocenters. The van der Waals surface area contributed by atoms with Gasteiger partial charge in [-0.3, -0.25) is 4.79 Å². The molecule has 0 bridgehead atoms. The molecule has 3 aromatic carbocycles. The van der Waals surface area contributed by atoms with E-state index in [2.05, 4.69) is 43.3 Å². The number of hydrogen-bond acceptors (Lipinski definition) is 7. The lowest BCUT2D eigenvalue weighted by Gasteiger charge is -2.25. The van der Waals surface area contributed by atoms with E-state index < -0.39 is 5.60 Å². The molecule has 0 fully saturated rings. The van der Waals surface area contributed by atoms with Gasteiger partial charge in [-0.05, 0) is 92.3 Å². The van der Waals surface area contributed by atoms with Gasteiger partial charge in [0.2, 0.25) is 5.82 Å². The number of methoxy groups -OCH3 is 1. The Labute approximate surface area is 230 Å². The second-order valence-corrected chi connectivity index (χ2v) is 10.7. The molecule has 0 unspecified atom stereocenters. The molecule has 0 spiro atoms. The predicted octanol–water partition coefficient (Wildman–Crippen LogP) is 6.87. The Morgan fingerprint density at radius 3 is 2.38 bits per heavy atom. The van der Waals surface area contributed by atoms with E-state index in [0.29, 0.717) is 18.3 Å². The van der Waals surface area contributed by atoms with Crippen molar-refractivity contribution in [3.63, 3.8) is 0 Å². The molecule has 0 aliphatic heterocycles. The Kier molecular flexibility index (Phi) is 8.51. The fraction of sp³-hybridized carbons (Fsp3) is 0.344. The smallest absolute Gasteiger partial charge is 0.326 e. The number of hydrogen-bond donors (Lipinski definition) is 0. The maximum absolute atomic E-state index is 12.3. The van der Waals surface area contributed by atoms with Crippen LogP contribution in [0.2, 0.25) is 0 Å². The third-order valence-electron chi connectivity index (χ3n) is 6.43. The van der Waals surface area contributed by atoms with Crippen LogP contribution in [0.3, 0.4) is 0 Å². The molecule has 0 N–H and O–H groups in total. The molecule has 1 aromatic heterocycles. The van der Waals surface area contributed by atoms with Crippen LogP contribution >= 0.6 is 0 Å². The highest BCUT2D eigenvalue weighted by atomic mass is 16.6. The highest BCUT2D eigenvalue weighted by molar-refractivity contribution is 5.77. The monoisotopic (exact) mass is 527 g/mol. The minimum atomic E-state index is -0.517. The van der Waals surface area contributed by atoms with Crippen LogP contribution in [0.5, 0.6) is 0 Å². The standard InChI is InChI=1S/C32H37N3O4/c1-8-22-17-23(14-16-28(22)35(6)19-29(36)38-32(3,4)5)30-33-31(39-34-30)24-13-15-27(25(18-24)20-37-7)26-12-10-9-11-21(26)2/h9-18H,8,19-20H2,1-7H3. The van der Waals surface area contributed by atoms with E-state index in [1.165, 1.54) is 11.1 Å². The molecule has 0 saturated heterocycles. The number of carbonyl (C=O) groups is 1. The Hall–Kier alpha value is -3.97. The first kappa shape index (κ1) is 28.0. The van der Waals surface area contributed by atoms with Gasteiger partial charge in [0.05, 0.1) is 6.61 Å². The molecule has 1 heterocycles. The average molecular weight is 528 g/mol. The summed E-state index contributed by atoms with van der Waals surface area (Å²) in [4.78, 5) is 19.0. The van der Waals surface area contributed by atoms with Crippen LogP contribution < -0.4 is 4.90 Å². The van der Waals surface area contributed by atoms with Gasteiger partial charge in [0.25, 0.3) is 5.89 Å². The number of nitrogens with zero attached hydrogens (tertiary/aromatic N) is 3. The van der Waals surface area contributed by atoms with E-state index in [-0.39, 0.29) is 12.5 Å². The van der Waals surface area contributed by atoms with Crippen molar-refractivity contribution in [3.05, 3.63) is 77.4 Å². The van der Waals surface area contributed by atoms with Crippen molar-refractivity contribution >= 4 is 11.7 Å². The van der Waals surface area contributed by atoms with Crippen LogP contribution in [-0.2, 0) is 27.3 Å². The summed E-state index contributed by atoms with van der Waals surface area (Å²) in [6.07, 6.45) is 0.785. The van der Waals surface area contributed by atoms with Crippen LogP contribution in [0.1, 0.15) is 44.4 Å². The quantitative estimate of drug-likeness (QED) is 0.220. The van der Waals surface area contributed by atoms with Gasteiger partial charge in [-0.15, -0.1) is 0 Å². The molecule has 4 aromatic rings. The Bertz CT molecular complexity index is 1450. The summed E-state index contributed by atoms with van der Waals surface area (Å²) in [7, 11) is 3.59. The molecule has 0 saturated carbocycles. The van der Waals surface area contributed by atoms with Gasteiger partial charge in [0.1, 0.15) is 12.1 Å². The van der Waals surface area contributed by atoms with Gasteiger partial charge in [0.15, 0.2) is 0 Å². The largest absolute Gasteiger partial charge is 0.459 e. The van der Waals surface area contributed by atoms with E-state index in [1.54, 1.807) is 7.11 Å². The zero-order valence-corrected chi connectivity index (χ0v) is 23.9. The van der Waals surface area contributed by atoms with Gasteiger partial charge in [0, 0.05) is 31.0 Å². The fourth-order valence-corrected chi connectivity index (χ4v) is 4.63. The lowest BCUT2D eigenvalue weighted by Crippen LogP contribution is -2.33. The number of carbonyl (C=O) groups excluding carboxylic acids is 1. The summed E-state index contributed by atoms with van der Waals surface area (Å²) >= 11 is 0. The minimum absolute atomic E-state index is 0.165. The van der Waals surface area contributed by atoms with Crippen molar-refractivity contribution in [1.82, 2.24) is 10.1 Å². The fourth-order valence-electron chi connectivity index (χ4n) is 4.63. The molecule has 4 rings (SSSR count). The van der Waals surface area contributed by atoms with Crippen molar-refractivity contribution in [2.24, 2.45) is 0 Å². The third kappa shape index (κ3) is 6.73. The maximum atomic E-state index is 12.3. The Morgan fingerprint density at radius 2 is 1.69 bits per heavy atom. The second kappa shape index (κ2) is 11.8. The van der Waals surface area contributed by atoms with E-state index in [0.717, 1.165) is 39.9 Å². The Morgan fingerprint density at radius 1 is 0.974 bits per heavy atom. The van der Waals surface area contributed by atoms with Crippen molar-refractivity contribution in [1.29, 1.82) is 0 Å². The highest BCUT2D eigenvalue weighted by Crippen LogP contribution is 2.32. The number of anilines is 1. The van der Waals surface area contributed by atoms with Gasteiger partial charge < -0.3 is 18.9 Å². The number of rotatable bonds is 9. The normalized spacial score (nSPS) is 11.5. The van der Waals surface area contributed by atoms with Crippen LogP contribution in [-0.4, -0.2) is 42.4 Å². The molecule has 0 aliphatic rings. The molecule has 0 radical (unpaired) electrons. The summed E-state index contributed by atoms with van der Waals surface area (Å²) in [5.74, 6) is 0.695. The summed E-state index contributed by atoms with van der Waals surface area (Å²) in [5.41, 5.74) is 7.76. The van der Waals surface area contributed by atoms with Crippen molar-refractivity contribution < 1.29 is 18.8 Å². The lowest BCUT2D eigenvalue weighted by atomic mass is 9.94. The molecule has 204 valence electrons. The van der Waals surface area contributed by atoms with Crippen LogP contribution in [0.15, 0.2) is 65.2 Å². The van der Waals surface area contributed by atoms with E-state index in [4.69, 9.17) is 19.0 Å². The van der Waals surface area contributed by atoms with Gasteiger partial charge in [-0.1, -0.05) is 42.4 Å². The number of esters is 1. The Balaban J connectivity index is 1.59. The predicted molar refractivity (Wildman–Crippen MR) is 155 cm³/mol. The summed E-state index contributed by atoms with van der Waals surface area (Å²) < 4.78 is 16.7. The van der Waals surface area contributed by atoms with Crippen molar-refractivity contribution in [3.8, 4) is 34.0 Å². The molecular formula is C32H37N3O4. The topological polar surface area (TPSA) is 77.7 Å². The van der Waals surface area contributed by atoms with Crippen LogP contribution in [0, 0.1) is 6.92 Å². The van der Waals surface area contributed by atoms with Gasteiger partial charge in [-0.25, -0.2) is 0 Å².